The number of nitrogens with zero attached hydrogens (tertiary/aromatic N) is 2. The molecule has 0 saturated carbocycles. The third-order valence-electron chi connectivity index (χ3n) is 8.15. The number of benzene rings is 2. The minimum Gasteiger partial charge on any atom is -0.370 e. The van der Waals surface area contributed by atoms with Gasteiger partial charge in [0.15, 0.2) is 5.96 Å². The molecule has 0 bridgehead atoms. The van der Waals surface area contributed by atoms with Crippen LogP contribution in [0.4, 0.5) is 0 Å². The Bertz CT molecular complexity index is 1800. The van der Waals surface area contributed by atoms with Crippen LogP contribution in [0.2, 0.25) is 0 Å². The minimum absolute atomic E-state index is 0.0931. The van der Waals surface area contributed by atoms with E-state index in [9.17, 15) is 24.0 Å². The van der Waals surface area contributed by atoms with Gasteiger partial charge in [-0.2, -0.15) is 0 Å². The van der Waals surface area contributed by atoms with E-state index in [0.717, 1.165) is 22.0 Å². The summed E-state index contributed by atoms with van der Waals surface area (Å²) in [6.07, 6.45) is 5.66. The van der Waals surface area contributed by atoms with Crippen LogP contribution < -0.4 is 38.5 Å². The largest absolute Gasteiger partial charge is 0.370 e. The summed E-state index contributed by atoms with van der Waals surface area (Å²) in [5, 5.41) is 12.0. The lowest BCUT2D eigenvalue weighted by atomic mass is 10.0. The highest BCUT2D eigenvalue weighted by atomic mass is 16.2. The molecule has 4 aromatic rings. The van der Waals surface area contributed by atoms with Crippen LogP contribution in [0, 0.1) is 0 Å². The number of primary amides is 1. The molecule has 2 heterocycles. The number of nitrogens with one attached hydrogen (secondary N) is 6. The van der Waals surface area contributed by atoms with E-state index in [4.69, 9.17) is 17.2 Å². The van der Waals surface area contributed by atoms with Gasteiger partial charge in [-0.25, -0.2) is 4.98 Å². The zero-order chi connectivity index (χ0) is 36.8. The quantitative estimate of drug-likeness (QED) is 0.0359. The molecule has 4 rings (SSSR count). The van der Waals surface area contributed by atoms with Crippen LogP contribution >= 0.6 is 0 Å². The van der Waals surface area contributed by atoms with E-state index in [1.165, 1.54) is 19.4 Å². The lowest BCUT2D eigenvalue weighted by Gasteiger charge is -2.26. The smallest absolute Gasteiger partial charge is 0.243 e. The van der Waals surface area contributed by atoms with Crippen molar-refractivity contribution in [3.05, 3.63) is 90.1 Å². The van der Waals surface area contributed by atoms with E-state index in [1.54, 1.807) is 6.20 Å². The Labute approximate surface area is 294 Å². The van der Waals surface area contributed by atoms with Crippen LogP contribution in [0.1, 0.15) is 43.0 Å². The van der Waals surface area contributed by atoms with Gasteiger partial charge in [-0.05, 0) is 30.0 Å². The third kappa shape index (κ3) is 12.0. The zero-order valence-corrected chi connectivity index (χ0v) is 28.4. The van der Waals surface area contributed by atoms with Gasteiger partial charge in [0.1, 0.15) is 18.1 Å². The number of aromatic nitrogens is 3. The summed E-state index contributed by atoms with van der Waals surface area (Å²) in [5.74, 6) is -2.88. The van der Waals surface area contributed by atoms with Crippen molar-refractivity contribution in [1.29, 1.82) is 0 Å². The maximum atomic E-state index is 13.9. The number of guanidine groups is 1. The summed E-state index contributed by atoms with van der Waals surface area (Å²) in [6.45, 7) is 1.54. The first-order chi connectivity index (χ1) is 24.5. The fourth-order valence-corrected chi connectivity index (χ4v) is 5.70. The predicted octanol–water partition coefficient (Wildman–Crippen LogP) is -0.193. The zero-order valence-electron chi connectivity index (χ0n) is 28.4. The van der Waals surface area contributed by atoms with Crippen molar-refractivity contribution in [3.8, 4) is 0 Å². The van der Waals surface area contributed by atoms with Crippen molar-refractivity contribution < 1.29 is 24.0 Å². The van der Waals surface area contributed by atoms with Gasteiger partial charge in [-0.15, -0.1) is 0 Å². The number of amides is 5. The Morgan fingerprint density at radius 1 is 0.804 bits per heavy atom. The highest BCUT2D eigenvalue weighted by Gasteiger charge is 2.29. The van der Waals surface area contributed by atoms with Gasteiger partial charge in [-0.3, -0.25) is 29.0 Å². The molecule has 0 aliphatic rings. The van der Waals surface area contributed by atoms with E-state index < -0.39 is 53.7 Å². The lowest BCUT2D eigenvalue weighted by Crippen LogP contribution is -2.56. The number of fused-ring (bicyclic) bond motifs is 1. The van der Waals surface area contributed by atoms with Gasteiger partial charge in [0.25, 0.3) is 0 Å². The van der Waals surface area contributed by atoms with E-state index in [1.807, 2.05) is 54.6 Å². The van der Waals surface area contributed by atoms with Crippen molar-refractivity contribution in [2.45, 2.75) is 69.6 Å². The Kier molecular flexibility index (Phi) is 13.7. The maximum Gasteiger partial charge on any atom is 0.243 e. The van der Waals surface area contributed by atoms with Crippen molar-refractivity contribution >= 4 is 46.4 Å². The maximum absolute atomic E-state index is 13.9. The summed E-state index contributed by atoms with van der Waals surface area (Å²) in [4.78, 5) is 79.3. The SMILES string of the molecule is CC(=O)N[C@@H](Cc1cnc[nH]1)C(=O)N[C@H](Cc1ccccc1)C(=O)N[C@@H](CCCN=C(N)N)CC(=O)N[C@@H](Cc1c[nH]c2ccccc12)C(N)=O. The molecule has 0 unspecified atom stereocenters. The van der Waals surface area contributed by atoms with Gasteiger partial charge in [0.05, 0.1) is 6.33 Å². The molecule has 0 aliphatic carbocycles. The van der Waals surface area contributed by atoms with Crippen LogP contribution in [0.25, 0.3) is 10.9 Å². The topological polar surface area (TPSA) is 268 Å². The number of H-pyrrole nitrogens is 2. The lowest BCUT2D eigenvalue weighted by molar-refractivity contribution is -0.132. The average molecular weight is 700 g/mol. The van der Waals surface area contributed by atoms with E-state index in [-0.39, 0.29) is 38.2 Å². The van der Waals surface area contributed by atoms with Crippen molar-refractivity contribution in [3.63, 3.8) is 0 Å². The Hall–Kier alpha value is -6.19. The number of rotatable bonds is 19. The van der Waals surface area contributed by atoms with E-state index >= 15 is 0 Å². The van der Waals surface area contributed by atoms with Crippen LogP contribution in [-0.2, 0) is 43.2 Å². The van der Waals surface area contributed by atoms with E-state index in [0.29, 0.717) is 18.5 Å². The summed E-state index contributed by atoms with van der Waals surface area (Å²) in [5.41, 5.74) is 19.7. The van der Waals surface area contributed by atoms with Crippen LogP contribution in [0.5, 0.6) is 0 Å². The third-order valence-corrected chi connectivity index (χ3v) is 8.15. The number of imidazole rings is 1. The Morgan fingerprint density at radius 2 is 1.51 bits per heavy atom. The molecule has 0 spiro atoms. The molecule has 16 nitrogen and oxygen atoms in total. The summed E-state index contributed by atoms with van der Waals surface area (Å²) in [7, 11) is 0. The number of carbonyl (C=O) groups is 5. The molecular weight excluding hydrogens is 654 g/mol. The van der Waals surface area contributed by atoms with Crippen molar-refractivity contribution in [1.82, 2.24) is 36.2 Å². The van der Waals surface area contributed by atoms with Crippen molar-refractivity contribution in [2.24, 2.45) is 22.2 Å². The number of para-hydroxylation sites is 1. The predicted molar refractivity (Wildman–Crippen MR) is 192 cm³/mol. The molecule has 270 valence electrons. The van der Waals surface area contributed by atoms with Gasteiger partial charge in [0, 0.05) is 74.2 Å². The second kappa shape index (κ2) is 18.5. The molecule has 2 aromatic heterocycles. The van der Waals surface area contributed by atoms with Crippen LogP contribution in [-0.4, -0.2) is 81.2 Å². The molecule has 0 saturated heterocycles. The molecule has 12 N–H and O–H groups in total. The molecule has 51 heavy (non-hydrogen) atoms. The van der Waals surface area contributed by atoms with Crippen LogP contribution in [0.15, 0.2) is 78.3 Å². The number of nitrogens with two attached hydrogens (primary N) is 3. The fourth-order valence-electron chi connectivity index (χ4n) is 5.70. The summed E-state index contributed by atoms with van der Waals surface area (Å²) >= 11 is 0. The standard InChI is InChI=1S/C35H45N11O5/c1-21(47)43-30(16-25-19-39-20-42-25)34(51)46-29(14-22-8-3-2-4-9-22)33(50)44-24(10-7-13-40-35(37)38)17-31(48)45-28(32(36)49)15-23-18-41-27-12-6-5-11-26(23)27/h2-6,8-9,11-12,18-20,24,28-30,41H,7,10,13-17H2,1H3,(H2,36,49)(H,39,42)(H,43,47)(H,44,50)(H,45,48)(H,46,51)(H4,37,38,40)/t24-,28-,29+,30-/m0/s1. The first-order valence-corrected chi connectivity index (χ1v) is 16.6. The Morgan fingerprint density at radius 3 is 2.20 bits per heavy atom. The molecule has 0 aliphatic heterocycles. The summed E-state index contributed by atoms with van der Waals surface area (Å²) in [6, 6.07) is 12.8. The number of hydrogen-bond donors (Lipinski definition) is 9. The highest BCUT2D eigenvalue weighted by Crippen LogP contribution is 2.19. The molecular formula is C35H45N11O5. The van der Waals surface area contributed by atoms with Gasteiger partial charge < -0.3 is 48.4 Å². The highest BCUT2D eigenvalue weighted by molar-refractivity contribution is 5.93. The second-order valence-corrected chi connectivity index (χ2v) is 12.2. The molecule has 4 atom stereocenters. The first-order valence-electron chi connectivity index (χ1n) is 16.6. The first kappa shape index (κ1) is 37.6. The number of aromatic amines is 2. The van der Waals surface area contributed by atoms with Gasteiger partial charge in [0.2, 0.25) is 29.5 Å². The fraction of sp³-hybridized carbons (Fsp3) is 0.343. The van der Waals surface area contributed by atoms with Gasteiger partial charge in [-0.1, -0.05) is 48.5 Å². The Balaban J connectivity index is 1.50. The molecule has 16 heteroatoms. The molecule has 5 amide bonds. The van der Waals surface area contributed by atoms with E-state index in [2.05, 4.69) is 41.2 Å². The molecule has 0 fully saturated rings. The number of aliphatic imine (C=N–C) groups is 1. The average Bonchev–Trinajstić information content (AvgIpc) is 3.76. The second-order valence-electron chi connectivity index (χ2n) is 12.2. The normalized spacial score (nSPS) is 13.3. The monoisotopic (exact) mass is 699 g/mol. The molecule has 0 radical (unpaired) electrons. The number of carbonyl (C=O) groups excluding carboxylic acids is 5. The number of hydrogen-bond acceptors (Lipinski definition) is 7. The van der Waals surface area contributed by atoms with Crippen LogP contribution in [0.3, 0.4) is 0 Å². The van der Waals surface area contributed by atoms with Crippen molar-refractivity contribution in [2.75, 3.05) is 6.54 Å². The van der Waals surface area contributed by atoms with Gasteiger partial charge >= 0.3 is 0 Å². The molecule has 2 aromatic carbocycles. The minimum atomic E-state index is -1.08. The summed E-state index contributed by atoms with van der Waals surface area (Å²) < 4.78 is 0.